The molecule has 178 valence electrons. The second kappa shape index (κ2) is 14.9. The first-order valence-corrected chi connectivity index (χ1v) is 10.6. The van der Waals surface area contributed by atoms with E-state index in [1.807, 2.05) is 0 Å². The summed E-state index contributed by atoms with van der Waals surface area (Å²) in [5.74, 6) is 0.177. The highest BCUT2D eigenvalue weighted by atomic mass is 16.6. The highest BCUT2D eigenvalue weighted by molar-refractivity contribution is 5.76. The molecule has 1 aromatic rings. The molecule has 0 bridgehead atoms. The molecule has 9 nitrogen and oxygen atoms in total. The Hall–Kier alpha value is -3.07. The van der Waals surface area contributed by atoms with Crippen molar-refractivity contribution in [1.82, 2.24) is 10.2 Å². The van der Waals surface area contributed by atoms with Crippen LogP contribution in [-0.4, -0.2) is 55.5 Å². The highest BCUT2D eigenvalue weighted by Crippen LogP contribution is 2.28. The van der Waals surface area contributed by atoms with Crippen LogP contribution in [0.1, 0.15) is 45.1 Å². The van der Waals surface area contributed by atoms with Crippen LogP contribution in [0.5, 0.6) is 11.5 Å². The molecule has 1 aromatic carbocycles. The molecule has 0 heterocycles. The topological polar surface area (TPSA) is 114 Å². The lowest BCUT2D eigenvalue weighted by molar-refractivity contribution is -0.150. The number of nitrogens with one attached hydrogen (secondary N) is 1. The van der Waals surface area contributed by atoms with E-state index in [0.717, 1.165) is 29.7 Å². The molecule has 0 spiro atoms. The fourth-order valence-electron chi connectivity index (χ4n) is 2.55. The van der Waals surface area contributed by atoms with Crippen LogP contribution in [0.15, 0.2) is 30.4 Å². The molecule has 0 atom stereocenters. The van der Waals surface area contributed by atoms with Gasteiger partial charge >= 0.3 is 12.1 Å². The molecule has 0 aliphatic carbocycles. The van der Waals surface area contributed by atoms with Crippen LogP contribution in [0.3, 0.4) is 0 Å². The minimum atomic E-state index is -0.850. The van der Waals surface area contributed by atoms with Gasteiger partial charge in [-0.25, -0.2) is 9.59 Å². The van der Waals surface area contributed by atoms with Gasteiger partial charge in [0.15, 0.2) is 18.2 Å². The van der Waals surface area contributed by atoms with Gasteiger partial charge in [0.2, 0.25) is 5.91 Å². The van der Waals surface area contributed by atoms with Gasteiger partial charge in [-0.3, -0.25) is 9.69 Å². The van der Waals surface area contributed by atoms with Gasteiger partial charge in [-0.15, -0.1) is 0 Å². The smallest absolute Gasteiger partial charge is 0.417 e. The van der Waals surface area contributed by atoms with Crippen molar-refractivity contribution in [2.75, 3.05) is 27.5 Å². The minimum absolute atomic E-state index is 0.0219. The van der Waals surface area contributed by atoms with E-state index in [4.69, 9.17) is 14.6 Å². The molecular weight excluding hydrogens is 416 g/mol. The lowest BCUT2D eigenvalue weighted by Gasteiger charge is -2.17. The van der Waals surface area contributed by atoms with Gasteiger partial charge in [-0.1, -0.05) is 32.1 Å². The summed E-state index contributed by atoms with van der Waals surface area (Å²) in [7, 11) is 2.82. The Bertz CT molecular complexity index is 778. The average Bonchev–Trinajstić information content (AvgIpc) is 2.78. The van der Waals surface area contributed by atoms with Crippen molar-refractivity contribution >= 4 is 18.0 Å². The predicted octanol–water partition coefficient (Wildman–Crippen LogP) is 3.01. The third-order valence-corrected chi connectivity index (χ3v) is 4.32. The van der Waals surface area contributed by atoms with Crippen LogP contribution >= 0.6 is 0 Å². The quantitative estimate of drug-likeness (QED) is 0.205. The van der Waals surface area contributed by atoms with E-state index in [0.29, 0.717) is 24.6 Å². The van der Waals surface area contributed by atoms with Crippen molar-refractivity contribution in [1.29, 1.82) is 0 Å². The van der Waals surface area contributed by atoms with E-state index in [1.54, 1.807) is 18.2 Å². The number of rotatable bonds is 13. The monoisotopic (exact) mass is 450 g/mol. The second-order valence-corrected chi connectivity index (χ2v) is 7.55. The molecule has 9 heteroatoms. The summed E-state index contributed by atoms with van der Waals surface area (Å²) < 4.78 is 15.2. The number of carbonyl (C=O) groups excluding carboxylic acids is 3. The number of hydrogen-bond acceptors (Lipinski definition) is 7. The number of aliphatic hydroxyl groups excluding tert-OH is 1. The van der Waals surface area contributed by atoms with Gasteiger partial charge in [-0.2, -0.15) is 0 Å². The predicted molar refractivity (Wildman–Crippen MR) is 119 cm³/mol. The SMILES string of the molecule is COc1cc(CNC(=O)CCCC/C=C/C(C)C)ccc1OC(=O)N(C)COC(=O)CO. The van der Waals surface area contributed by atoms with Gasteiger partial charge in [-0.05, 0) is 42.9 Å². The van der Waals surface area contributed by atoms with Crippen molar-refractivity contribution in [2.24, 2.45) is 5.92 Å². The first-order chi connectivity index (χ1) is 15.3. The third-order valence-electron chi connectivity index (χ3n) is 4.32. The number of benzene rings is 1. The maximum atomic E-state index is 12.1. The van der Waals surface area contributed by atoms with Crippen LogP contribution in [0.2, 0.25) is 0 Å². The van der Waals surface area contributed by atoms with Crippen molar-refractivity contribution in [2.45, 2.75) is 46.1 Å². The van der Waals surface area contributed by atoms with E-state index in [1.165, 1.54) is 14.2 Å². The first kappa shape index (κ1) is 27.0. The Balaban J connectivity index is 2.49. The van der Waals surface area contributed by atoms with E-state index in [-0.39, 0.29) is 18.4 Å². The summed E-state index contributed by atoms with van der Waals surface area (Å²) in [6.07, 6.45) is 6.79. The number of nitrogens with zero attached hydrogens (tertiary/aromatic N) is 1. The van der Waals surface area contributed by atoms with E-state index in [2.05, 4.69) is 36.1 Å². The summed E-state index contributed by atoms with van der Waals surface area (Å²) in [5.41, 5.74) is 0.792. The maximum absolute atomic E-state index is 12.1. The second-order valence-electron chi connectivity index (χ2n) is 7.55. The van der Waals surface area contributed by atoms with Crippen LogP contribution in [0, 0.1) is 5.92 Å². The average molecular weight is 451 g/mol. The van der Waals surface area contributed by atoms with Crippen molar-refractivity contribution < 1.29 is 33.7 Å². The normalized spacial score (nSPS) is 10.8. The molecule has 0 radical (unpaired) electrons. The summed E-state index contributed by atoms with van der Waals surface area (Å²) in [4.78, 5) is 36.1. The summed E-state index contributed by atoms with van der Waals surface area (Å²) in [6, 6.07) is 4.95. The maximum Gasteiger partial charge on any atom is 0.417 e. The summed E-state index contributed by atoms with van der Waals surface area (Å²) in [6.45, 7) is 3.46. The fraction of sp³-hybridized carbons (Fsp3) is 0.522. The zero-order chi connectivity index (χ0) is 23.9. The van der Waals surface area contributed by atoms with Gasteiger partial charge in [0.25, 0.3) is 0 Å². The fourth-order valence-corrected chi connectivity index (χ4v) is 2.55. The molecule has 2 amide bonds. The van der Waals surface area contributed by atoms with Crippen LogP contribution in [-0.2, 0) is 20.9 Å². The van der Waals surface area contributed by atoms with Gasteiger partial charge in [0.1, 0.15) is 6.61 Å². The standard InChI is InChI=1S/C23H34N2O7/c1-17(2)9-7-5-6-8-10-21(27)24-14-18-11-12-19(20(13-18)30-4)32-23(29)25(3)16-31-22(28)15-26/h7,9,11-13,17,26H,5-6,8,10,14-16H2,1-4H3,(H,24,27)/b9-7+. The Morgan fingerprint density at radius 1 is 1.19 bits per heavy atom. The molecule has 0 aliphatic heterocycles. The Morgan fingerprint density at radius 3 is 2.59 bits per heavy atom. The van der Waals surface area contributed by atoms with Crippen molar-refractivity contribution in [3.05, 3.63) is 35.9 Å². The number of amides is 2. The number of unbranched alkanes of at least 4 members (excludes halogenated alkanes) is 2. The van der Waals surface area contributed by atoms with Gasteiger partial charge in [0.05, 0.1) is 7.11 Å². The highest BCUT2D eigenvalue weighted by Gasteiger charge is 2.16. The molecule has 0 unspecified atom stereocenters. The third kappa shape index (κ3) is 10.8. The zero-order valence-corrected chi connectivity index (χ0v) is 19.3. The summed E-state index contributed by atoms with van der Waals surface area (Å²) >= 11 is 0. The Labute approximate surface area is 189 Å². The number of methoxy groups -OCH3 is 1. The lowest BCUT2D eigenvalue weighted by Crippen LogP contribution is -2.33. The van der Waals surface area contributed by atoms with E-state index in [9.17, 15) is 14.4 Å². The van der Waals surface area contributed by atoms with E-state index >= 15 is 0 Å². The van der Waals surface area contributed by atoms with Crippen molar-refractivity contribution in [3.8, 4) is 11.5 Å². The van der Waals surface area contributed by atoms with Crippen molar-refractivity contribution in [3.63, 3.8) is 0 Å². The minimum Gasteiger partial charge on any atom is -0.493 e. The van der Waals surface area contributed by atoms with Crippen LogP contribution in [0.25, 0.3) is 0 Å². The number of esters is 1. The van der Waals surface area contributed by atoms with Crippen LogP contribution < -0.4 is 14.8 Å². The van der Waals surface area contributed by atoms with Gasteiger partial charge < -0.3 is 24.6 Å². The first-order valence-electron chi connectivity index (χ1n) is 10.6. The number of aliphatic hydroxyl groups is 1. The van der Waals surface area contributed by atoms with Gasteiger partial charge in [0, 0.05) is 20.0 Å². The number of hydrogen-bond donors (Lipinski definition) is 2. The Morgan fingerprint density at radius 2 is 1.94 bits per heavy atom. The molecule has 1 rings (SSSR count). The number of carbonyl (C=O) groups is 3. The van der Waals surface area contributed by atoms with Crippen LogP contribution in [0.4, 0.5) is 4.79 Å². The number of allylic oxidation sites excluding steroid dienone is 2. The summed E-state index contributed by atoms with van der Waals surface area (Å²) in [5, 5.41) is 11.5. The molecule has 0 fully saturated rings. The molecule has 0 aromatic heterocycles. The van der Waals surface area contributed by atoms with E-state index < -0.39 is 18.7 Å². The zero-order valence-electron chi connectivity index (χ0n) is 19.3. The molecule has 32 heavy (non-hydrogen) atoms. The molecule has 0 saturated heterocycles. The molecular formula is C23H34N2O7. The number of ether oxygens (including phenoxy) is 3. The molecule has 0 aliphatic rings. The molecule has 0 saturated carbocycles. The lowest BCUT2D eigenvalue weighted by atomic mass is 10.1. The Kier molecular flexibility index (Phi) is 12.5. The largest absolute Gasteiger partial charge is 0.493 e. The molecule has 2 N–H and O–H groups in total.